The van der Waals surface area contributed by atoms with E-state index in [1.165, 1.54) is 22.3 Å². The Bertz CT molecular complexity index is 1050. The van der Waals surface area contributed by atoms with E-state index in [2.05, 4.69) is 24.3 Å². The van der Waals surface area contributed by atoms with Gasteiger partial charge in [-0.05, 0) is 39.9 Å². The number of carbonyl (C=O) groups is 2. The van der Waals surface area contributed by atoms with Crippen LogP contribution < -0.4 is 4.74 Å². The first-order valence-corrected chi connectivity index (χ1v) is 10.1. The van der Waals surface area contributed by atoms with Crippen molar-refractivity contribution in [3.8, 4) is 5.75 Å². The van der Waals surface area contributed by atoms with E-state index >= 15 is 0 Å². The summed E-state index contributed by atoms with van der Waals surface area (Å²) < 4.78 is 5.24. The zero-order valence-electron chi connectivity index (χ0n) is 16.0. The molecular formula is C26H20O3. The summed E-state index contributed by atoms with van der Waals surface area (Å²) in [6.07, 6.45) is 0. The summed E-state index contributed by atoms with van der Waals surface area (Å²) in [7, 11) is 1.61. The number of hydrogen-bond acceptors (Lipinski definition) is 3. The Balaban J connectivity index is 1.53. The number of hydrogen-bond donors (Lipinski definition) is 0. The Morgan fingerprint density at radius 1 is 0.621 bits per heavy atom. The van der Waals surface area contributed by atoms with E-state index in [1.807, 2.05) is 48.5 Å². The second kappa shape index (κ2) is 5.90. The molecule has 3 aromatic carbocycles. The number of ketones is 2. The summed E-state index contributed by atoms with van der Waals surface area (Å²) in [5.41, 5.74) is 5.65. The molecule has 0 saturated heterocycles. The monoisotopic (exact) mass is 380 g/mol. The van der Waals surface area contributed by atoms with Gasteiger partial charge < -0.3 is 4.74 Å². The van der Waals surface area contributed by atoms with Crippen LogP contribution in [0.4, 0.5) is 0 Å². The van der Waals surface area contributed by atoms with Crippen molar-refractivity contribution in [2.45, 2.75) is 17.8 Å². The van der Waals surface area contributed by atoms with Crippen molar-refractivity contribution in [2.75, 3.05) is 7.11 Å². The van der Waals surface area contributed by atoms with E-state index in [1.54, 1.807) is 7.11 Å². The molecule has 0 heterocycles. The Hall–Kier alpha value is -3.20. The number of Topliss-reactive ketones (excluding diaryl/α,β-unsaturated/α-hetero) is 2. The minimum atomic E-state index is -0.676. The van der Waals surface area contributed by atoms with Crippen LogP contribution in [0.2, 0.25) is 0 Å². The molecular weight excluding hydrogens is 360 g/mol. The van der Waals surface area contributed by atoms with Gasteiger partial charge in [-0.1, -0.05) is 60.7 Å². The van der Waals surface area contributed by atoms with E-state index < -0.39 is 5.92 Å². The SMILES string of the molecule is COc1ccc(C2C(=O)C3C4c5ccccc5C(c5ccccc54)C3C2=O)cc1. The third-order valence-corrected chi connectivity index (χ3v) is 7.11. The van der Waals surface area contributed by atoms with E-state index in [0.717, 1.165) is 11.3 Å². The van der Waals surface area contributed by atoms with Gasteiger partial charge in [0, 0.05) is 23.7 Å². The number of carbonyl (C=O) groups excluding carboxylic acids is 2. The molecule has 0 amide bonds. The molecule has 142 valence electrons. The van der Waals surface area contributed by atoms with Crippen LogP contribution in [0.3, 0.4) is 0 Å². The van der Waals surface area contributed by atoms with Crippen molar-refractivity contribution in [1.82, 2.24) is 0 Å². The second-order valence-corrected chi connectivity index (χ2v) is 8.28. The van der Waals surface area contributed by atoms with Gasteiger partial charge in [0.25, 0.3) is 0 Å². The van der Waals surface area contributed by atoms with Gasteiger partial charge in [-0.2, -0.15) is 0 Å². The number of benzene rings is 3. The Labute approximate surface area is 169 Å². The normalized spacial score (nSPS) is 28.7. The highest BCUT2D eigenvalue weighted by molar-refractivity contribution is 6.17. The van der Waals surface area contributed by atoms with Crippen LogP contribution in [0.1, 0.15) is 45.6 Å². The van der Waals surface area contributed by atoms with Crippen molar-refractivity contribution < 1.29 is 14.3 Å². The maximum Gasteiger partial charge on any atom is 0.152 e. The number of methoxy groups -OCH3 is 1. The average Bonchev–Trinajstić information content (AvgIpc) is 3.04. The summed E-state index contributed by atoms with van der Waals surface area (Å²) in [5.74, 6) is -0.412. The lowest BCUT2D eigenvalue weighted by atomic mass is 9.55. The minimum absolute atomic E-state index is 0.0305. The molecule has 0 aromatic heterocycles. The highest BCUT2D eigenvalue weighted by Crippen LogP contribution is 2.62. The minimum Gasteiger partial charge on any atom is -0.497 e. The summed E-state index contributed by atoms with van der Waals surface area (Å²) >= 11 is 0. The maximum atomic E-state index is 13.7. The summed E-state index contributed by atoms with van der Waals surface area (Å²) in [6, 6.07) is 24.1. The molecule has 0 aliphatic heterocycles. The van der Waals surface area contributed by atoms with Crippen molar-refractivity contribution >= 4 is 11.6 Å². The van der Waals surface area contributed by atoms with Crippen LogP contribution in [0.15, 0.2) is 72.8 Å². The number of ether oxygens (including phenoxy) is 1. The lowest BCUT2D eigenvalue weighted by Crippen LogP contribution is -2.41. The predicted molar refractivity (Wildman–Crippen MR) is 109 cm³/mol. The Kier molecular flexibility index (Phi) is 3.40. The summed E-state index contributed by atoms with van der Waals surface area (Å²) in [4.78, 5) is 27.3. The molecule has 1 saturated carbocycles. The zero-order chi connectivity index (χ0) is 19.7. The van der Waals surface area contributed by atoms with E-state index in [9.17, 15) is 9.59 Å². The first kappa shape index (κ1) is 16.7. The molecule has 29 heavy (non-hydrogen) atoms. The van der Waals surface area contributed by atoms with Gasteiger partial charge in [0.1, 0.15) is 11.7 Å². The van der Waals surface area contributed by atoms with Gasteiger partial charge in [-0.25, -0.2) is 0 Å². The smallest absolute Gasteiger partial charge is 0.152 e. The predicted octanol–water partition coefficient (Wildman–Crippen LogP) is 4.45. The first-order chi connectivity index (χ1) is 14.2. The topological polar surface area (TPSA) is 43.4 Å². The van der Waals surface area contributed by atoms with Crippen molar-refractivity contribution in [3.63, 3.8) is 0 Å². The molecule has 3 nitrogen and oxygen atoms in total. The van der Waals surface area contributed by atoms with Gasteiger partial charge >= 0.3 is 0 Å². The van der Waals surface area contributed by atoms with Crippen LogP contribution in [-0.4, -0.2) is 18.7 Å². The standard InChI is InChI=1S/C26H20O3/c1-29-15-12-10-14(11-13-15)20-25(27)23-21-16-6-2-3-7-17(16)22(24(23)26(20)28)19-9-5-4-8-18(19)21/h2-13,20-24H,1H3. The quantitative estimate of drug-likeness (QED) is 0.617. The molecule has 3 aromatic rings. The highest BCUT2D eigenvalue weighted by atomic mass is 16.5. The van der Waals surface area contributed by atoms with Crippen molar-refractivity contribution in [2.24, 2.45) is 11.8 Å². The summed E-state index contributed by atoms with van der Waals surface area (Å²) in [5, 5.41) is 0. The molecule has 0 N–H and O–H groups in total. The van der Waals surface area contributed by atoms with Gasteiger partial charge in [-0.3, -0.25) is 9.59 Å². The summed E-state index contributed by atoms with van der Waals surface area (Å²) in [6.45, 7) is 0. The van der Waals surface area contributed by atoms with E-state index in [4.69, 9.17) is 4.74 Å². The van der Waals surface area contributed by atoms with Crippen molar-refractivity contribution in [3.05, 3.63) is 101 Å². The van der Waals surface area contributed by atoms with Gasteiger partial charge in [0.05, 0.1) is 7.11 Å². The van der Waals surface area contributed by atoms with E-state index in [0.29, 0.717) is 0 Å². The van der Waals surface area contributed by atoms with Crippen LogP contribution in [-0.2, 0) is 9.59 Å². The molecule has 2 bridgehead atoms. The molecule has 3 heteroatoms. The fraction of sp³-hybridized carbons (Fsp3) is 0.231. The molecule has 0 radical (unpaired) electrons. The fourth-order valence-corrected chi connectivity index (χ4v) is 6.01. The Morgan fingerprint density at radius 3 is 1.41 bits per heavy atom. The molecule has 7 rings (SSSR count). The maximum absolute atomic E-state index is 13.7. The van der Waals surface area contributed by atoms with Crippen LogP contribution in [0.5, 0.6) is 5.75 Å². The average molecular weight is 380 g/mol. The lowest BCUT2D eigenvalue weighted by molar-refractivity contribution is -0.125. The molecule has 0 spiro atoms. The largest absolute Gasteiger partial charge is 0.497 e. The van der Waals surface area contributed by atoms with Crippen LogP contribution in [0.25, 0.3) is 0 Å². The molecule has 1 fully saturated rings. The van der Waals surface area contributed by atoms with Gasteiger partial charge in [0.2, 0.25) is 0 Å². The molecule has 4 aliphatic carbocycles. The van der Waals surface area contributed by atoms with Gasteiger partial charge in [0.15, 0.2) is 11.6 Å². The van der Waals surface area contributed by atoms with Crippen LogP contribution >= 0.6 is 0 Å². The van der Waals surface area contributed by atoms with E-state index in [-0.39, 0.29) is 35.2 Å². The number of rotatable bonds is 2. The Morgan fingerprint density at radius 2 is 1.03 bits per heavy atom. The third kappa shape index (κ3) is 2.08. The molecule has 4 aliphatic rings. The van der Waals surface area contributed by atoms with Crippen LogP contribution in [0, 0.1) is 11.8 Å². The third-order valence-electron chi connectivity index (χ3n) is 7.11. The first-order valence-electron chi connectivity index (χ1n) is 10.1. The molecule has 2 atom stereocenters. The van der Waals surface area contributed by atoms with Crippen molar-refractivity contribution in [1.29, 1.82) is 0 Å². The fourth-order valence-electron chi connectivity index (χ4n) is 6.01. The highest BCUT2D eigenvalue weighted by Gasteiger charge is 2.61. The van der Waals surface area contributed by atoms with Gasteiger partial charge in [-0.15, -0.1) is 0 Å². The molecule has 2 unspecified atom stereocenters. The second-order valence-electron chi connectivity index (χ2n) is 8.28. The zero-order valence-corrected chi connectivity index (χ0v) is 16.0. The lowest BCUT2D eigenvalue weighted by Gasteiger charge is -2.46.